The summed E-state index contributed by atoms with van der Waals surface area (Å²) in [4.78, 5) is 15.4. The van der Waals surface area contributed by atoms with E-state index in [1.807, 2.05) is 0 Å². The van der Waals surface area contributed by atoms with Crippen molar-refractivity contribution < 1.29 is 14.3 Å². The van der Waals surface area contributed by atoms with Gasteiger partial charge in [0.1, 0.15) is 12.2 Å². The van der Waals surface area contributed by atoms with Crippen molar-refractivity contribution in [2.24, 2.45) is 0 Å². The molecule has 0 saturated carbocycles. The van der Waals surface area contributed by atoms with E-state index in [9.17, 15) is 9.90 Å². The molecule has 3 aromatic heterocycles. The van der Waals surface area contributed by atoms with Crippen LogP contribution < -0.4 is 0 Å². The van der Waals surface area contributed by atoms with Gasteiger partial charge in [0.2, 0.25) is 11.8 Å². The van der Waals surface area contributed by atoms with Crippen LogP contribution in [0.5, 0.6) is 0 Å². The maximum atomic E-state index is 11.3. The predicted molar refractivity (Wildman–Crippen MR) is 68.3 cm³/mol. The molecule has 0 radical (unpaired) electrons. The summed E-state index contributed by atoms with van der Waals surface area (Å²) in [6.07, 6.45) is 1.56. The third-order valence-electron chi connectivity index (χ3n) is 2.70. The molecule has 0 aromatic carbocycles. The second kappa shape index (κ2) is 5.12. The van der Waals surface area contributed by atoms with Crippen LogP contribution in [0.15, 0.2) is 28.8 Å². The summed E-state index contributed by atoms with van der Waals surface area (Å²) in [6.45, 7) is 1.78. The van der Waals surface area contributed by atoms with Crippen molar-refractivity contribution in [2.75, 3.05) is 0 Å². The van der Waals surface area contributed by atoms with E-state index < -0.39 is 5.97 Å². The Labute approximate surface area is 118 Å². The highest BCUT2D eigenvalue weighted by molar-refractivity contribution is 5.92. The van der Waals surface area contributed by atoms with Gasteiger partial charge in [0, 0.05) is 13.1 Å². The molecule has 0 amide bonds. The number of carbonyl (C=O) groups is 1. The van der Waals surface area contributed by atoms with Crippen molar-refractivity contribution >= 4 is 5.97 Å². The van der Waals surface area contributed by atoms with Crippen molar-refractivity contribution in [3.05, 3.63) is 41.9 Å². The molecule has 3 heterocycles. The van der Waals surface area contributed by atoms with Gasteiger partial charge in [0.05, 0.1) is 5.69 Å². The topological polar surface area (TPSA) is 120 Å². The molecule has 0 saturated heterocycles. The van der Waals surface area contributed by atoms with Crippen LogP contribution in [-0.4, -0.2) is 41.3 Å². The highest BCUT2D eigenvalue weighted by Gasteiger charge is 2.22. The van der Waals surface area contributed by atoms with Gasteiger partial charge in [-0.3, -0.25) is 4.98 Å². The zero-order valence-corrected chi connectivity index (χ0v) is 11.0. The molecule has 3 aromatic rings. The zero-order valence-electron chi connectivity index (χ0n) is 11.0. The van der Waals surface area contributed by atoms with E-state index in [0.29, 0.717) is 23.2 Å². The van der Waals surface area contributed by atoms with Crippen LogP contribution in [0.2, 0.25) is 0 Å². The summed E-state index contributed by atoms with van der Waals surface area (Å²) >= 11 is 0. The summed E-state index contributed by atoms with van der Waals surface area (Å²) in [6, 6.07) is 5.17. The van der Waals surface area contributed by atoms with Crippen LogP contribution in [0.3, 0.4) is 0 Å². The largest absolute Gasteiger partial charge is 0.476 e. The van der Waals surface area contributed by atoms with Gasteiger partial charge in [-0.15, -0.1) is 15.3 Å². The average molecular weight is 286 g/mol. The first-order valence-corrected chi connectivity index (χ1v) is 6.02. The summed E-state index contributed by atoms with van der Waals surface area (Å²) in [7, 11) is 0. The molecule has 0 aliphatic carbocycles. The Kier molecular flexibility index (Phi) is 3.14. The molecule has 0 atom stereocenters. The number of hydrogen-bond acceptors (Lipinski definition) is 7. The molecule has 0 aliphatic heterocycles. The van der Waals surface area contributed by atoms with Gasteiger partial charge in [-0.1, -0.05) is 11.3 Å². The molecule has 106 valence electrons. The fourth-order valence-electron chi connectivity index (χ4n) is 1.85. The van der Waals surface area contributed by atoms with E-state index >= 15 is 0 Å². The van der Waals surface area contributed by atoms with Gasteiger partial charge in [-0.05, 0) is 12.1 Å². The van der Waals surface area contributed by atoms with Gasteiger partial charge in [-0.25, -0.2) is 9.48 Å². The molecule has 0 unspecified atom stereocenters. The minimum atomic E-state index is -1.18. The Balaban J connectivity index is 2.07. The molecule has 0 aliphatic rings. The maximum Gasteiger partial charge on any atom is 0.358 e. The molecule has 1 N–H and O–H groups in total. The normalized spacial score (nSPS) is 10.7. The number of aromatic carboxylic acids is 1. The summed E-state index contributed by atoms with van der Waals surface area (Å²) in [5, 5.41) is 24.3. The lowest BCUT2D eigenvalue weighted by Crippen LogP contribution is -2.07. The monoisotopic (exact) mass is 286 g/mol. The van der Waals surface area contributed by atoms with Gasteiger partial charge in [0.25, 0.3) is 0 Å². The van der Waals surface area contributed by atoms with Crippen molar-refractivity contribution in [1.29, 1.82) is 0 Å². The SMILES string of the molecule is Cc1nnc(Cn2nnc(C(=O)O)c2-c2ccccn2)o1. The Hall–Kier alpha value is -3.10. The predicted octanol–water partition coefficient (Wildman–Crippen LogP) is 0.778. The highest BCUT2D eigenvalue weighted by atomic mass is 16.4. The standard InChI is InChI=1S/C12H10N6O3/c1-7-14-15-9(21-7)6-18-11(8-4-2-3-5-13-8)10(12(19)20)16-17-18/h2-5H,6H2,1H3,(H,19,20). The second-order valence-corrected chi connectivity index (χ2v) is 4.18. The highest BCUT2D eigenvalue weighted by Crippen LogP contribution is 2.20. The second-order valence-electron chi connectivity index (χ2n) is 4.18. The number of rotatable bonds is 4. The minimum absolute atomic E-state index is 0.118. The molecule has 9 heteroatoms. The lowest BCUT2D eigenvalue weighted by atomic mass is 10.2. The van der Waals surface area contributed by atoms with Gasteiger partial charge in [-0.2, -0.15) is 0 Å². The molecular formula is C12H10N6O3. The van der Waals surface area contributed by atoms with Crippen molar-refractivity contribution in [2.45, 2.75) is 13.5 Å². The lowest BCUT2D eigenvalue weighted by molar-refractivity contribution is 0.0691. The zero-order chi connectivity index (χ0) is 14.8. The Morgan fingerprint density at radius 1 is 1.33 bits per heavy atom. The number of carboxylic acids is 1. The molecule has 0 fully saturated rings. The van der Waals surface area contributed by atoms with Crippen molar-refractivity contribution in [3.63, 3.8) is 0 Å². The van der Waals surface area contributed by atoms with E-state index in [0.717, 1.165) is 0 Å². The Morgan fingerprint density at radius 2 is 2.19 bits per heavy atom. The van der Waals surface area contributed by atoms with Gasteiger partial charge < -0.3 is 9.52 Å². The Morgan fingerprint density at radius 3 is 2.81 bits per heavy atom. The quantitative estimate of drug-likeness (QED) is 0.747. The van der Waals surface area contributed by atoms with Crippen LogP contribution in [-0.2, 0) is 6.54 Å². The summed E-state index contributed by atoms with van der Waals surface area (Å²) in [5.41, 5.74) is 0.569. The molecule has 0 spiro atoms. The number of carboxylic acid groups (broad SMARTS) is 1. The van der Waals surface area contributed by atoms with E-state index in [-0.39, 0.29) is 12.2 Å². The smallest absolute Gasteiger partial charge is 0.358 e. The fourth-order valence-corrected chi connectivity index (χ4v) is 1.85. The van der Waals surface area contributed by atoms with Crippen LogP contribution in [0, 0.1) is 6.92 Å². The molecule has 9 nitrogen and oxygen atoms in total. The van der Waals surface area contributed by atoms with Crippen LogP contribution in [0.1, 0.15) is 22.3 Å². The van der Waals surface area contributed by atoms with E-state index in [1.54, 1.807) is 31.3 Å². The van der Waals surface area contributed by atoms with Gasteiger partial charge in [0.15, 0.2) is 5.69 Å². The summed E-state index contributed by atoms with van der Waals surface area (Å²) < 4.78 is 6.64. The first-order valence-electron chi connectivity index (χ1n) is 6.02. The van der Waals surface area contributed by atoms with Crippen LogP contribution in [0.4, 0.5) is 0 Å². The van der Waals surface area contributed by atoms with Crippen LogP contribution >= 0.6 is 0 Å². The number of nitrogens with zero attached hydrogens (tertiary/aromatic N) is 6. The molecular weight excluding hydrogens is 276 g/mol. The van der Waals surface area contributed by atoms with Gasteiger partial charge >= 0.3 is 5.97 Å². The lowest BCUT2D eigenvalue weighted by Gasteiger charge is -2.03. The average Bonchev–Trinajstić information content (AvgIpc) is 3.07. The van der Waals surface area contributed by atoms with E-state index in [4.69, 9.17) is 4.42 Å². The van der Waals surface area contributed by atoms with E-state index in [1.165, 1.54) is 4.68 Å². The third kappa shape index (κ3) is 2.48. The maximum absolute atomic E-state index is 11.3. The summed E-state index contributed by atoms with van der Waals surface area (Å²) in [5.74, 6) is -0.446. The number of aryl methyl sites for hydroxylation is 1. The molecule has 21 heavy (non-hydrogen) atoms. The van der Waals surface area contributed by atoms with E-state index in [2.05, 4.69) is 25.5 Å². The van der Waals surface area contributed by atoms with Crippen LogP contribution in [0.25, 0.3) is 11.4 Å². The minimum Gasteiger partial charge on any atom is -0.476 e. The van der Waals surface area contributed by atoms with Crippen molar-refractivity contribution in [1.82, 2.24) is 30.2 Å². The first-order chi connectivity index (χ1) is 10.1. The fraction of sp³-hybridized carbons (Fsp3) is 0.167. The van der Waals surface area contributed by atoms with Crippen molar-refractivity contribution in [3.8, 4) is 11.4 Å². The molecule has 3 rings (SSSR count). The third-order valence-corrected chi connectivity index (χ3v) is 2.70. The molecule has 0 bridgehead atoms. The number of aromatic nitrogens is 6. The number of hydrogen-bond donors (Lipinski definition) is 1. The Bertz CT molecular complexity index is 779. The number of pyridine rings is 1. The first kappa shape index (κ1) is 12.9.